The molecule has 0 amide bonds. The standard InChI is InChI=1S/C19H24FN3O2/c1-4-25-17-9-8-15(11-18(17)24-3)13-23-19(21-2)22-12-14-6-5-7-16(20)10-14/h5-11H,4,12-13H2,1-3H3,(H2,21,22,23). The van der Waals surface area contributed by atoms with Crippen LogP contribution in [0, 0.1) is 5.82 Å². The second kappa shape index (κ2) is 9.52. The van der Waals surface area contributed by atoms with Crippen LogP contribution in [0.1, 0.15) is 18.1 Å². The van der Waals surface area contributed by atoms with Crippen LogP contribution in [0.15, 0.2) is 47.5 Å². The minimum Gasteiger partial charge on any atom is -0.493 e. The highest BCUT2D eigenvalue weighted by atomic mass is 19.1. The van der Waals surface area contributed by atoms with E-state index in [-0.39, 0.29) is 5.82 Å². The second-order valence-electron chi connectivity index (χ2n) is 5.33. The number of ether oxygens (including phenoxy) is 2. The van der Waals surface area contributed by atoms with Crippen molar-refractivity contribution in [1.29, 1.82) is 0 Å². The first-order valence-corrected chi connectivity index (χ1v) is 8.15. The third kappa shape index (κ3) is 5.67. The van der Waals surface area contributed by atoms with Crippen LogP contribution in [-0.2, 0) is 13.1 Å². The lowest BCUT2D eigenvalue weighted by atomic mass is 10.2. The summed E-state index contributed by atoms with van der Waals surface area (Å²) in [4.78, 5) is 4.17. The fraction of sp³-hybridized carbons (Fsp3) is 0.316. The number of benzene rings is 2. The summed E-state index contributed by atoms with van der Waals surface area (Å²) >= 11 is 0. The Morgan fingerprint density at radius 1 is 1.04 bits per heavy atom. The Morgan fingerprint density at radius 3 is 2.36 bits per heavy atom. The number of hydrogen-bond acceptors (Lipinski definition) is 3. The first-order chi connectivity index (χ1) is 12.2. The maximum Gasteiger partial charge on any atom is 0.191 e. The molecule has 0 aliphatic carbocycles. The van der Waals surface area contributed by atoms with E-state index in [1.807, 2.05) is 31.2 Å². The molecule has 0 bridgehead atoms. The molecular weight excluding hydrogens is 321 g/mol. The first kappa shape index (κ1) is 18.6. The second-order valence-corrected chi connectivity index (χ2v) is 5.33. The number of guanidine groups is 1. The number of halogens is 1. The fourth-order valence-electron chi connectivity index (χ4n) is 2.34. The largest absolute Gasteiger partial charge is 0.493 e. The Balaban J connectivity index is 1.92. The molecule has 0 aliphatic heterocycles. The van der Waals surface area contributed by atoms with Crippen LogP contribution in [0.4, 0.5) is 4.39 Å². The Bertz CT molecular complexity index is 720. The van der Waals surface area contributed by atoms with E-state index in [4.69, 9.17) is 9.47 Å². The summed E-state index contributed by atoms with van der Waals surface area (Å²) in [6.07, 6.45) is 0. The van der Waals surface area contributed by atoms with Gasteiger partial charge in [0, 0.05) is 20.1 Å². The van der Waals surface area contributed by atoms with Crippen molar-refractivity contribution >= 4 is 5.96 Å². The molecule has 0 fully saturated rings. The van der Waals surface area contributed by atoms with E-state index >= 15 is 0 Å². The molecule has 0 saturated carbocycles. The van der Waals surface area contributed by atoms with Crippen molar-refractivity contribution in [1.82, 2.24) is 10.6 Å². The van der Waals surface area contributed by atoms with Gasteiger partial charge in [0.05, 0.1) is 13.7 Å². The van der Waals surface area contributed by atoms with Gasteiger partial charge < -0.3 is 20.1 Å². The maximum atomic E-state index is 13.2. The average Bonchev–Trinajstić information content (AvgIpc) is 2.63. The van der Waals surface area contributed by atoms with Crippen molar-refractivity contribution in [2.24, 2.45) is 4.99 Å². The number of rotatable bonds is 7. The predicted octanol–water partition coefficient (Wildman–Crippen LogP) is 3.10. The van der Waals surface area contributed by atoms with Gasteiger partial charge in [0.25, 0.3) is 0 Å². The average molecular weight is 345 g/mol. The van der Waals surface area contributed by atoms with E-state index < -0.39 is 0 Å². The number of nitrogens with zero attached hydrogens (tertiary/aromatic N) is 1. The Morgan fingerprint density at radius 2 is 1.76 bits per heavy atom. The summed E-state index contributed by atoms with van der Waals surface area (Å²) in [5, 5.41) is 6.38. The van der Waals surface area contributed by atoms with Crippen LogP contribution in [0.2, 0.25) is 0 Å². The summed E-state index contributed by atoms with van der Waals surface area (Å²) in [6, 6.07) is 12.3. The van der Waals surface area contributed by atoms with Crippen molar-refractivity contribution < 1.29 is 13.9 Å². The van der Waals surface area contributed by atoms with Gasteiger partial charge in [-0.2, -0.15) is 0 Å². The minimum absolute atomic E-state index is 0.247. The van der Waals surface area contributed by atoms with Gasteiger partial charge in [-0.3, -0.25) is 4.99 Å². The fourth-order valence-corrected chi connectivity index (χ4v) is 2.34. The van der Waals surface area contributed by atoms with E-state index in [1.54, 1.807) is 20.2 Å². The zero-order valence-electron chi connectivity index (χ0n) is 14.8. The molecule has 6 heteroatoms. The SMILES string of the molecule is CCOc1ccc(CNC(=NC)NCc2cccc(F)c2)cc1OC. The summed E-state index contributed by atoms with van der Waals surface area (Å²) in [5.41, 5.74) is 1.89. The monoisotopic (exact) mass is 345 g/mol. The molecule has 0 unspecified atom stereocenters. The van der Waals surface area contributed by atoms with Crippen molar-refractivity contribution in [2.45, 2.75) is 20.0 Å². The topological polar surface area (TPSA) is 54.9 Å². The van der Waals surface area contributed by atoms with E-state index in [2.05, 4.69) is 15.6 Å². The van der Waals surface area contributed by atoms with Gasteiger partial charge in [-0.05, 0) is 42.3 Å². The first-order valence-electron chi connectivity index (χ1n) is 8.15. The quantitative estimate of drug-likeness (QED) is 0.598. The predicted molar refractivity (Wildman–Crippen MR) is 97.6 cm³/mol. The lowest BCUT2D eigenvalue weighted by molar-refractivity contribution is 0.310. The van der Waals surface area contributed by atoms with E-state index in [0.29, 0.717) is 31.4 Å². The van der Waals surface area contributed by atoms with Crippen LogP contribution in [0.25, 0.3) is 0 Å². The summed E-state index contributed by atoms with van der Waals surface area (Å²) in [5.74, 6) is 1.81. The van der Waals surface area contributed by atoms with Crippen molar-refractivity contribution in [3.8, 4) is 11.5 Å². The van der Waals surface area contributed by atoms with Gasteiger partial charge in [-0.15, -0.1) is 0 Å². The molecule has 0 heterocycles. The Kier molecular flexibility index (Phi) is 7.07. The number of hydrogen-bond donors (Lipinski definition) is 2. The third-order valence-electron chi connectivity index (χ3n) is 3.56. The molecule has 0 saturated heterocycles. The smallest absolute Gasteiger partial charge is 0.191 e. The molecule has 2 aromatic rings. The lowest BCUT2D eigenvalue weighted by Gasteiger charge is -2.14. The summed E-state index contributed by atoms with van der Waals surface area (Å²) in [6.45, 7) is 3.59. The highest BCUT2D eigenvalue weighted by Crippen LogP contribution is 2.27. The molecule has 2 aromatic carbocycles. The van der Waals surface area contributed by atoms with Crippen LogP contribution in [0.3, 0.4) is 0 Å². The number of aliphatic imine (C=N–C) groups is 1. The molecule has 5 nitrogen and oxygen atoms in total. The highest BCUT2D eigenvalue weighted by molar-refractivity contribution is 5.79. The summed E-state index contributed by atoms with van der Waals surface area (Å²) in [7, 11) is 3.31. The van der Waals surface area contributed by atoms with Crippen molar-refractivity contribution in [3.05, 3.63) is 59.4 Å². The molecule has 134 valence electrons. The number of nitrogens with one attached hydrogen (secondary N) is 2. The molecule has 2 rings (SSSR count). The Hall–Kier alpha value is -2.76. The van der Waals surface area contributed by atoms with Gasteiger partial charge in [-0.25, -0.2) is 4.39 Å². The van der Waals surface area contributed by atoms with Crippen molar-refractivity contribution in [2.75, 3.05) is 20.8 Å². The normalized spacial score (nSPS) is 11.1. The van der Waals surface area contributed by atoms with Crippen molar-refractivity contribution in [3.63, 3.8) is 0 Å². The molecule has 0 atom stereocenters. The van der Waals surface area contributed by atoms with E-state index in [9.17, 15) is 4.39 Å². The third-order valence-corrected chi connectivity index (χ3v) is 3.56. The van der Waals surface area contributed by atoms with E-state index in [0.717, 1.165) is 16.9 Å². The zero-order valence-corrected chi connectivity index (χ0v) is 14.8. The van der Waals surface area contributed by atoms with Crippen LogP contribution < -0.4 is 20.1 Å². The van der Waals surface area contributed by atoms with Gasteiger partial charge in [0.15, 0.2) is 17.5 Å². The van der Waals surface area contributed by atoms with E-state index in [1.165, 1.54) is 12.1 Å². The van der Waals surface area contributed by atoms with Gasteiger partial charge >= 0.3 is 0 Å². The van der Waals surface area contributed by atoms with Crippen LogP contribution >= 0.6 is 0 Å². The zero-order chi connectivity index (χ0) is 18.1. The molecule has 0 radical (unpaired) electrons. The molecular formula is C19H24FN3O2. The Labute approximate surface area is 147 Å². The van der Waals surface area contributed by atoms with Gasteiger partial charge in [0.1, 0.15) is 5.82 Å². The molecule has 0 spiro atoms. The highest BCUT2D eigenvalue weighted by Gasteiger charge is 2.06. The lowest BCUT2D eigenvalue weighted by Crippen LogP contribution is -2.36. The van der Waals surface area contributed by atoms with Gasteiger partial charge in [0.2, 0.25) is 0 Å². The molecule has 2 N–H and O–H groups in total. The molecule has 0 aromatic heterocycles. The molecule has 0 aliphatic rings. The maximum absolute atomic E-state index is 13.2. The van der Waals surface area contributed by atoms with Crippen LogP contribution in [0.5, 0.6) is 11.5 Å². The van der Waals surface area contributed by atoms with Crippen LogP contribution in [-0.4, -0.2) is 26.7 Å². The van der Waals surface area contributed by atoms with Gasteiger partial charge in [-0.1, -0.05) is 18.2 Å². The minimum atomic E-state index is -0.247. The number of methoxy groups -OCH3 is 1. The summed E-state index contributed by atoms with van der Waals surface area (Å²) < 4.78 is 24.1. The molecule has 25 heavy (non-hydrogen) atoms.